The van der Waals surface area contributed by atoms with Gasteiger partial charge in [-0.15, -0.1) is 0 Å². The number of nitrogens with one attached hydrogen (secondary N) is 1. The zero-order valence-corrected chi connectivity index (χ0v) is 28.6. The van der Waals surface area contributed by atoms with E-state index >= 15 is 0 Å². The van der Waals surface area contributed by atoms with Crippen LogP contribution in [0.4, 0.5) is 5.69 Å². The minimum absolute atomic E-state index is 0.0371. The molecule has 0 bridgehead atoms. The third kappa shape index (κ3) is 6.34. The summed E-state index contributed by atoms with van der Waals surface area (Å²) < 4.78 is 0. The van der Waals surface area contributed by atoms with Crippen LogP contribution in [0, 0.1) is 0 Å². The molecular formula is C47H33N3S. The summed E-state index contributed by atoms with van der Waals surface area (Å²) in [4.78, 5) is 11.5. The predicted molar refractivity (Wildman–Crippen MR) is 213 cm³/mol. The summed E-state index contributed by atoms with van der Waals surface area (Å²) in [6.45, 7) is 0. The van der Waals surface area contributed by atoms with Crippen LogP contribution >= 0.6 is 11.8 Å². The summed E-state index contributed by atoms with van der Waals surface area (Å²) in [6, 6.07) is 56.2. The second-order valence-electron chi connectivity index (χ2n) is 12.7. The van der Waals surface area contributed by atoms with Crippen LogP contribution in [0.1, 0.15) is 28.3 Å². The van der Waals surface area contributed by atoms with Gasteiger partial charge < -0.3 is 5.32 Å². The maximum Gasteiger partial charge on any atom is 0.0769 e. The minimum Gasteiger partial charge on any atom is -0.374 e. The highest BCUT2D eigenvalue weighted by atomic mass is 32.2. The number of hydrogen-bond acceptors (Lipinski definition) is 4. The quantitative estimate of drug-likeness (QED) is 0.191. The summed E-state index contributed by atoms with van der Waals surface area (Å²) in [6.07, 6.45) is 10.3. The predicted octanol–water partition coefficient (Wildman–Crippen LogP) is 12.1. The van der Waals surface area contributed by atoms with Gasteiger partial charge in [-0.2, -0.15) is 0 Å². The number of fused-ring (bicyclic) bond motifs is 2. The van der Waals surface area contributed by atoms with Gasteiger partial charge in [-0.25, -0.2) is 0 Å². The van der Waals surface area contributed by atoms with Gasteiger partial charge in [0.25, 0.3) is 0 Å². The van der Waals surface area contributed by atoms with Crippen LogP contribution in [0.3, 0.4) is 0 Å². The van der Waals surface area contributed by atoms with Crippen LogP contribution in [-0.2, 0) is 0 Å². The van der Waals surface area contributed by atoms with E-state index < -0.39 is 0 Å². The Morgan fingerprint density at radius 2 is 1.14 bits per heavy atom. The first-order chi connectivity index (χ1) is 25.2. The first-order valence-electron chi connectivity index (χ1n) is 17.2. The van der Waals surface area contributed by atoms with E-state index in [0.717, 1.165) is 16.9 Å². The Kier molecular flexibility index (Phi) is 8.20. The molecule has 0 aliphatic carbocycles. The van der Waals surface area contributed by atoms with Crippen LogP contribution in [-0.4, -0.2) is 11.2 Å². The van der Waals surface area contributed by atoms with Crippen molar-refractivity contribution < 1.29 is 0 Å². The summed E-state index contributed by atoms with van der Waals surface area (Å²) in [5.41, 5.74) is 15.1. The number of hydrogen-bond donors (Lipinski definition) is 1. The molecule has 0 fully saturated rings. The number of benzene rings is 6. The van der Waals surface area contributed by atoms with Crippen LogP contribution in [0.15, 0.2) is 197 Å². The topological polar surface area (TPSA) is 37.3 Å². The number of rotatable bonds is 6. The Hall–Kier alpha value is -6.23. The smallest absolute Gasteiger partial charge is 0.0769 e. The van der Waals surface area contributed by atoms with Gasteiger partial charge in [-0.1, -0.05) is 127 Å². The fraction of sp³-hybridized carbons (Fsp3) is 0.0213. The highest BCUT2D eigenvalue weighted by Gasteiger charge is 2.19. The molecule has 2 aliphatic heterocycles. The van der Waals surface area contributed by atoms with Crippen molar-refractivity contribution in [2.24, 2.45) is 4.99 Å². The van der Waals surface area contributed by atoms with Crippen LogP contribution in [0.2, 0.25) is 0 Å². The van der Waals surface area contributed by atoms with Gasteiger partial charge >= 0.3 is 0 Å². The maximum atomic E-state index is 4.85. The molecule has 3 nitrogen and oxygen atoms in total. The van der Waals surface area contributed by atoms with Crippen molar-refractivity contribution in [3.8, 4) is 33.4 Å². The Labute approximate surface area is 302 Å². The first kappa shape index (κ1) is 30.8. The van der Waals surface area contributed by atoms with Gasteiger partial charge in [-0.05, 0) is 110 Å². The van der Waals surface area contributed by atoms with E-state index in [4.69, 9.17) is 4.99 Å². The average Bonchev–Trinajstić information content (AvgIpc) is 3.41. The van der Waals surface area contributed by atoms with Gasteiger partial charge in [0.2, 0.25) is 0 Å². The SMILES string of the molecule is C1=Nc2ccccc2Sc2cccc(-c3cccc(-c4ccc(-c5cccc(C6=CC(c7ccncc7)NC(c7ccccc7)=C6)c5)cc4)c3)c21. The lowest BCUT2D eigenvalue weighted by molar-refractivity contribution is 0.765. The number of pyridine rings is 1. The molecule has 1 N–H and O–H groups in total. The standard InChI is InChI=1S/C47H33N3S/c1-2-9-34(10-3-1)44-29-40(30-45(50-44)35-23-25-48-26-24-35)38-13-6-11-36(27-38)32-19-21-33(22-20-32)37-12-7-14-39(28-37)41-15-8-18-46-42(41)31-49-43-16-4-5-17-47(43)51-46/h1-31,45,50H. The second kappa shape index (κ2) is 13.6. The second-order valence-corrected chi connectivity index (χ2v) is 13.8. The molecule has 0 saturated heterocycles. The van der Waals surface area contributed by atoms with E-state index in [0.29, 0.717) is 0 Å². The fourth-order valence-electron chi connectivity index (χ4n) is 6.87. The Morgan fingerprint density at radius 1 is 0.510 bits per heavy atom. The monoisotopic (exact) mass is 671 g/mol. The van der Waals surface area contributed by atoms with E-state index in [1.165, 1.54) is 65.4 Å². The zero-order valence-electron chi connectivity index (χ0n) is 27.8. The van der Waals surface area contributed by atoms with E-state index in [1.54, 1.807) is 11.8 Å². The van der Waals surface area contributed by atoms with Crippen molar-refractivity contribution in [1.29, 1.82) is 0 Å². The maximum absolute atomic E-state index is 4.85. The van der Waals surface area contributed by atoms with Gasteiger partial charge in [0.15, 0.2) is 0 Å². The fourth-order valence-corrected chi connectivity index (χ4v) is 7.90. The number of dihydropyridines is 1. The molecule has 1 unspecified atom stereocenters. The zero-order chi connectivity index (χ0) is 34.0. The van der Waals surface area contributed by atoms with Crippen molar-refractivity contribution in [3.63, 3.8) is 0 Å². The molecule has 0 amide bonds. The lowest BCUT2D eigenvalue weighted by atomic mass is 9.91. The summed E-state index contributed by atoms with van der Waals surface area (Å²) in [5, 5.41) is 3.74. The number of para-hydroxylation sites is 1. The first-order valence-corrected chi connectivity index (χ1v) is 18.0. The third-order valence-corrected chi connectivity index (χ3v) is 10.7. The Bertz CT molecular complexity index is 2460. The van der Waals surface area contributed by atoms with E-state index in [2.05, 4.69) is 174 Å². The van der Waals surface area contributed by atoms with Crippen molar-refractivity contribution >= 4 is 34.9 Å². The lowest BCUT2D eigenvalue weighted by Crippen LogP contribution is -2.21. The van der Waals surface area contributed by atoms with Crippen LogP contribution < -0.4 is 5.32 Å². The molecule has 2 aliphatic rings. The molecule has 7 aromatic rings. The molecule has 3 heterocycles. The molecule has 1 atom stereocenters. The number of allylic oxidation sites excluding steroid dienone is 2. The number of aromatic nitrogens is 1. The third-order valence-electron chi connectivity index (χ3n) is 9.51. The Morgan fingerprint density at radius 3 is 1.92 bits per heavy atom. The van der Waals surface area contributed by atoms with Gasteiger partial charge in [0.05, 0.1) is 11.7 Å². The van der Waals surface area contributed by atoms with Gasteiger partial charge in [0.1, 0.15) is 0 Å². The minimum atomic E-state index is 0.0371. The highest BCUT2D eigenvalue weighted by molar-refractivity contribution is 7.99. The van der Waals surface area contributed by atoms with E-state index in [1.807, 2.05) is 24.7 Å². The van der Waals surface area contributed by atoms with Crippen molar-refractivity contribution in [1.82, 2.24) is 10.3 Å². The lowest BCUT2D eigenvalue weighted by Gasteiger charge is -2.25. The van der Waals surface area contributed by atoms with Crippen molar-refractivity contribution in [3.05, 3.63) is 205 Å². The normalized spacial score (nSPS) is 14.7. The molecule has 9 rings (SSSR count). The average molecular weight is 672 g/mol. The van der Waals surface area contributed by atoms with Gasteiger partial charge in [-0.3, -0.25) is 9.98 Å². The highest BCUT2D eigenvalue weighted by Crippen LogP contribution is 2.42. The largest absolute Gasteiger partial charge is 0.374 e. The number of aliphatic imine (C=N–C) groups is 1. The van der Waals surface area contributed by atoms with Crippen molar-refractivity contribution in [2.45, 2.75) is 15.8 Å². The molecular weight excluding hydrogens is 639 g/mol. The molecule has 6 aromatic carbocycles. The molecule has 4 heteroatoms. The van der Waals surface area contributed by atoms with E-state index in [9.17, 15) is 0 Å². The summed E-state index contributed by atoms with van der Waals surface area (Å²) in [5.74, 6) is 0. The van der Waals surface area contributed by atoms with E-state index in [-0.39, 0.29) is 6.04 Å². The Balaban J connectivity index is 1.01. The molecule has 1 aromatic heterocycles. The molecule has 0 radical (unpaired) electrons. The summed E-state index contributed by atoms with van der Waals surface area (Å²) >= 11 is 1.78. The van der Waals surface area contributed by atoms with Gasteiger partial charge in [0, 0.05) is 39.7 Å². The molecule has 242 valence electrons. The van der Waals surface area contributed by atoms with Crippen molar-refractivity contribution in [2.75, 3.05) is 0 Å². The molecule has 0 spiro atoms. The van der Waals surface area contributed by atoms with Crippen LogP contribution in [0.5, 0.6) is 0 Å². The number of nitrogens with zero attached hydrogens (tertiary/aromatic N) is 2. The van der Waals surface area contributed by atoms with Crippen LogP contribution in [0.25, 0.3) is 44.7 Å². The summed E-state index contributed by atoms with van der Waals surface area (Å²) in [7, 11) is 0. The molecule has 0 saturated carbocycles. The molecule has 51 heavy (non-hydrogen) atoms.